The van der Waals surface area contributed by atoms with E-state index in [-0.39, 0.29) is 0 Å². The fraction of sp³-hybridized carbons (Fsp3) is 0.0833. The first-order chi connectivity index (χ1) is 7.77. The quantitative estimate of drug-likeness (QED) is 0.799. The summed E-state index contributed by atoms with van der Waals surface area (Å²) in [5.74, 6) is 1.55. The Morgan fingerprint density at radius 3 is 2.75 bits per heavy atom. The number of rotatable bonds is 3. The van der Waals surface area contributed by atoms with Crippen molar-refractivity contribution in [2.24, 2.45) is 0 Å². The van der Waals surface area contributed by atoms with E-state index < -0.39 is 0 Å². The summed E-state index contributed by atoms with van der Waals surface area (Å²) in [6, 6.07) is 11.1. The average Bonchev–Trinajstić information content (AvgIpc) is 2.30. The number of nitrogens with zero attached hydrogens (tertiary/aromatic N) is 1. The van der Waals surface area contributed by atoms with E-state index in [1.807, 2.05) is 24.3 Å². The number of nitrogen functional groups attached to an aromatic ring is 1. The van der Waals surface area contributed by atoms with Crippen LogP contribution in [0.2, 0.25) is 0 Å². The summed E-state index contributed by atoms with van der Waals surface area (Å²) in [7, 11) is 0. The van der Waals surface area contributed by atoms with Gasteiger partial charge < -0.3 is 10.8 Å². The van der Waals surface area contributed by atoms with Crippen molar-refractivity contribution in [1.82, 2.24) is 4.98 Å². The van der Waals surface area contributed by atoms with Crippen molar-refractivity contribution in [3.63, 3.8) is 0 Å². The van der Waals surface area contributed by atoms with Crippen LogP contribution in [0, 0.1) is 0 Å². The molecule has 1 aromatic heterocycles. The summed E-state index contributed by atoms with van der Waals surface area (Å²) in [6.07, 6.45) is 1.67. The number of nitrogens with two attached hydrogens (primary N) is 1. The number of phenolic OH excluding ortho intramolecular Hbond substituents is 1. The van der Waals surface area contributed by atoms with Crippen molar-refractivity contribution in [2.75, 3.05) is 5.73 Å². The molecular formula is C12H12N2OS. The highest BCUT2D eigenvalue weighted by atomic mass is 32.2. The van der Waals surface area contributed by atoms with Gasteiger partial charge in [0.15, 0.2) is 0 Å². The van der Waals surface area contributed by atoms with Gasteiger partial charge in [0.2, 0.25) is 0 Å². The van der Waals surface area contributed by atoms with Crippen LogP contribution in [0.4, 0.5) is 5.82 Å². The van der Waals surface area contributed by atoms with Gasteiger partial charge in [0, 0.05) is 22.4 Å². The molecule has 0 aliphatic rings. The number of aromatic hydroxyl groups is 1. The number of para-hydroxylation sites is 1. The van der Waals surface area contributed by atoms with Gasteiger partial charge in [-0.05, 0) is 18.2 Å². The minimum absolute atomic E-state index is 0.301. The lowest BCUT2D eigenvalue weighted by atomic mass is 10.3. The molecule has 3 nitrogen and oxygen atoms in total. The van der Waals surface area contributed by atoms with Gasteiger partial charge >= 0.3 is 0 Å². The fourth-order valence-electron chi connectivity index (χ4n) is 1.31. The van der Waals surface area contributed by atoms with Crippen molar-refractivity contribution in [3.05, 3.63) is 48.2 Å². The second-order valence-electron chi connectivity index (χ2n) is 3.30. The summed E-state index contributed by atoms with van der Waals surface area (Å²) < 4.78 is 0. The Balaban J connectivity index is 2.09. The maximum atomic E-state index is 9.59. The molecule has 1 heterocycles. The predicted octanol–water partition coefficient (Wildman–Crippen LogP) is 2.66. The van der Waals surface area contributed by atoms with Crippen LogP contribution in [0.25, 0.3) is 0 Å². The number of benzene rings is 1. The molecular weight excluding hydrogens is 220 g/mol. The van der Waals surface area contributed by atoms with Crippen molar-refractivity contribution >= 4 is 17.6 Å². The molecule has 0 radical (unpaired) electrons. The minimum Gasteiger partial charge on any atom is -0.507 e. The summed E-state index contributed by atoms with van der Waals surface area (Å²) >= 11 is 1.54. The lowest BCUT2D eigenvalue weighted by molar-refractivity contribution is 0.462. The predicted molar refractivity (Wildman–Crippen MR) is 66.3 cm³/mol. The zero-order valence-corrected chi connectivity index (χ0v) is 9.45. The van der Waals surface area contributed by atoms with E-state index in [1.165, 1.54) is 0 Å². The molecule has 0 amide bonds. The Bertz CT molecular complexity index is 442. The SMILES string of the molecule is Nc1ncccc1CSc1ccccc1O. The standard InChI is InChI=1S/C12H12N2OS/c13-12-9(4-3-7-14-12)8-16-11-6-2-1-5-10(11)15/h1-7,15H,8H2,(H2,13,14). The largest absolute Gasteiger partial charge is 0.507 e. The normalized spacial score (nSPS) is 10.2. The van der Waals surface area contributed by atoms with Gasteiger partial charge in [-0.3, -0.25) is 0 Å². The molecule has 0 saturated carbocycles. The van der Waals surface area contributed by atoms with Crippen molar-refractivity contribution < 1.29 is 5.11 Å². The van der Waals surface area contributed by atoms with Crippen LogP contribution in [0.15, 0.2) is 47.5 Å². The molecule has 2 aromatic rings. The van der Waals surface area contributed by atoms with E-state index in [0.717, 1.165) is 10.5 Å². The second-order valence-corrected chi connectivity index (χ2v) is 4.32. The first kappa shape index (κ1) is 10.8. The first-order valence-corrected chi connectivity index (χ1v) is 5.86. The monoisotopic (exact) mass is 232 g/mol. The Hall–Kier alpha value is -1.68. The molecule has 0 bridgehead atoms. The summed E-state index contributed by atoms with van der Waals surface area (Å²) in [5.41, 5.74) is 6.72. The highest BCUT2D eigenvalue weighted by Gasteiger charge is 2.03. The van der Waals surface area contributed by atoms with Crippen molar-refractivity contribution in [1.29, 1.82) is 0 Å². The summed E-state index contributed by atoms with van der Waals surface area (Å²) in [4.78, 5) is 4.87. The third kappa shape index (κ3) is 2.46. The molecule has 16 heavy (non-hydrogen) atoms. The number of aromatic nitrogens is 1. The lowest BCUT2D eigenvalue weighted by Crippen LogP contribution is -1.95. The highest BCUT2D eigenvalue weighted by Crippen LogP contribution is 2.31. The van der Waals surface area contributed by atoms with Crippen molar-refractivity contribution in [3.8, 4) is 5.75 Å². The maximum Gasteiger partial charge on any atom is 0.129 e. The van der Waals surface area contributed by atoms with Gasteiger partial charge in [-0.2, -0.15) is 0 Å². The van der Waals surface area contributed by atoms with Crippen LogP contribution in [-0.4, -0.2) is 10.1 Å². The molecule has 4 heteroatoms. The molecule has 0 saturated heterocycles. The molecule has 0 aliphatic carbocycles. The number of pyridine rings is 1. The van der Waals surface area contributed by atoms with Crippen LogP contribution < -0.4 is 5.73 Å². The minimum atomic E-state index is 0.301. The summed E-state index contributed by atoms with van der Waals surface area (Å²) in [6.45, 7) is 0. The van der Waals surface area contributed by atoms with Gasteiger partial charge in [-0.15, -0.1) is 11.8 Å². The Morgan fingerprint density at radius 2 is 2.00 bits per heavy atom. The van der Waals surface area contributed by atoms with E-state index in [0.29, 0.717) is 17.3 Å². The molecule has 0 unspecified atom stereocenters. The number of hydrogen-bond donors (Lipinski definition) is 2. The summed E-state index contributed by atoms with van der Waals surface area (Å²) in [5, 5.41) is 9.59. The molecule has 0 spiro atoms. The molecule has 1 aromatic carbocycles. The third-order valence-corrected chi connectivity index (χ3v) is 3.29. The van der Waals surface area contributed by atoms with Crippen LogP contribution >= 0.6 is 11.8 Å². The second kappa shape index (κ2) is 4.90. The van der Waals surface area contributed by atoms with E-state index in [1.54, 1.807) is 30.1 Å². The molecule has 0 atom stereocenters. The third-order valence-electron chi connectivity index (χ3n) is 2.17. The van der Waals surface area contributed by atoms with Crippen LogP contribution in [0.3, 0.4) is 0 Å². The average molecular weight is 232 g/mol. The van der Waals surface area contributed by atoms with E-state index >= 15 is 0 Å². The van der Waals surface area contributed by atoms with Gasteiger partial charge in [0.25, 0.3) is 0 Å². The Labute approximate surface area is 98.3 Å². The molecule has 0 fully saturated rings. The molecule has 2 rings (SSSR count). The van der Waals surface area contributed by atoms with Gasteiger partial charge in [0.1, 0.15) is 11.6 Å². The fourth-order valence-corrected chi connectivity index (χ4v) is 2.25. The Kier molecular flexibility index (Phi) is 3.31. The first-order valence-electron chi connectivity index (χ1n) is 4.87. The molecule has 82 valence electrons. The van der Waals surface area contributed by atoms with Crippen LogP contribution in [-0.2, 0) is 5.75 Å². The van der Waals surface area contributed by atoms with E-state index in [9.17, 15) is 5.11 Å². The van der Waals surface area contributed by atoms with E-state index in [2.05, 4.69) is 4.98 Å². The lowest BCUT2D eigenvalue weighted by Gasteiger charge is -2.05. The highest BCUT2D eigenvalue weighted by molar-refractivity contribution is 7.98. The maximum absolute atomic E-state index is 9.59. The zero-order valence-electron chi connectivity index (χ0n) is 8.63. The number of phenols is 1. The van der Waals surface area contributed by atoms with Gasteiger partial charge in [-0.1, -0.05) is 18.2 Å². The number of anilines is 1. The smallest absolute Gasteiger partial charge is 0.129 e. The molecule has 0 aliphatic heterocycles. The van der Waals surface area contributed by atoms with Crippen LogP contribution in [0.5, 0.6) is 5.75 Å². The van der Waals surface area contributed by atoms with Crippen LogP contribution in [0.1, 0.15) is 5.56 Å². The van der Waals surface area contributed by atoms with Crippen molar-refractivity contribution in [2.45, 2.75) is 10.6 Å². The van der Waals surface area contributed by atoms with Gasteiger partial charge in [-0.25, -0.2) is 4.98 Å². The molecule has 3 N–H and O–H groups in total. The van der Waals surface area contributed by atoms with E-state index in [4.69, 9.17) is 5.73 Å². The topological polar surface area (TPSA) is 59.1 Å². The van der Waals surface area contributed by atoms with Gasteiger partial charge in [0.05, 0.1) is 0 Å². The number of thioether (sulfide) groups is 1. The number of hydrogen-bond acceptors (Lipinski definition) is 4. The zero-order chi connectivity index (χ0) is 11.4. The Morgan fingerprint density at radius 1 is 1.19 bits per heavy atom.